The number of carbonyl (C=O) groups excluding carboxylic acids is 1. The molecule has 0 fully saturated rings. The van der Waals surface area contributed by atoms with Crippen molar-refractivity contribution in [2.45, 2.75) is 58.9 Å². The summed E-state index contributed by atoms with van der Waals surface area (Å²) in [5, 5.41) is 3.37. The van der Waals surface area contributed by atoms with Gasteiger partial charge < -0.3 is 5.32 Å². The lowest BCUT2D eigenvalue weighted by molar-refractivity contribution is 0.0951. The van der Waals surface area contributed by atoms with Crippen molar-refractivity contribution in [2.75, 3.05) is 6.54 Å². The van der Waals surface area contributed by atoms with Crippen molar-refractivity contribution in [3.05, 3.63) is 46.5 Å². The predicted molar refractivity (Wildman–Crippen MR) is 88.9 cm³/mol. The van der Waals surface area contributed by atoms with E-state index in [4.69, 9.17) is 0 Å². The second kappa shape index (κ2) is 7.56. The molecular formula is C19H27NO. The number of hydrogen-bond acceptors (Lipinski definition) is 2. The molecule has 2 rings (SSSR count). The SMILES string of the molecule is Cc1ccc(C(=O)C(C)NCCC2=CCCCC2)cc1C. The number of benzene rings is 1. The third-order valence-corrected chi connectivity index (χ3v) is 4.47. The molecule has 0 amide bonds. The van der Waals surface area contributed by atoms with Gasteiger partial charge in [-0.05, 0) is 76.6 Å². The number of ketones is 1. The first-order chi connectivity index (χ1) is 10.1. The van der Waals surface area contributed by atoms with Gasteiger partial charge >= 0.3 is 0 Å². The number of aryl methyl sites for hydroxylation is 2. The van der Waals surface area contributed by atoms with Crippen molar-refractivity contribution in [1.29, 1.82) is 0 Å². The summed E-state index contributed by atoms with van der Waals surface area (Å²) in [6.45, 7) is 6.99. The van der Waals surface area contributed by atoms with Gasteiger partial charge in [0.2, 0.25) is 0 Å². The molecule has 1 unspecified atom stereocenters. The van der Waals surface area contributed by atoms with Crippen LogP contribution < -0.4 is 5.32 Å². The van der Waals surface area contributed by atoms with E-state index in [2.05, 4.69) is 25.2 Å². The fourth-order valence-electron chi connectivity index (χ4n) is 2.82. The van der Waals surface area contributed by atoms with E-state index in [-0.39, 0.29) is 11.8 Å². The van der Waals surface area contributed by atoms with Crippen molar-refractivity contribution >= 4 is 5.78 Å². The van der Waals surface area contributed by atoms with Crippen LogP contribution in [0.15, 0.2) is 29.8 Å². The Morgan fingerprint density at radius 3 is 2.71 bits per heavy atom. The van der Waals surface area contributed by atoms with Gasteiger partial charge in [0.1, 0.15) is 0 Å². The van der Waals surface area contributed by atoms with Crippen molar-refractivity contribution in [1.82, 2.24) is 5.32 Å². The molecule has 1 atom stereocenters. The fraction of sp³-hybridized carbons (Fsp3) is 0.526. The summed E-state index contributed by atoms with van der Waals surface area (Å²) in [6.07, 6.45) is 8.57. The molecule has 0 bridgehead atoms. The molecule has 1 aromatic rings. The number of Topliss-reactive ketones (excluding diaryl/α,β-unsaturated/α-hetero) is 1. The first-order valence-corrected chi connectivity index (χ1v) is 8.10. The molecule has 2 heteroatoms. The molecule has 0 saturated heterocycles. The highest BCUT2D eigenvalue weighted by molar-refractivity contribution is 6.00. The van der Waals surface area contributed by atoms with Gasteiger partial charge in [-0.15, -0.1) is 0 Å². The van der Waals surface area contributed by atoms with Gasteiger partial charge in [0.25, 0.3) is 0 Å². The van der Waals surface area contributed by atoms with Crippen LogP contribution in [0.25, 0.3) is 0 Å². The molecule has 0 spiro atoms. The van der Waals surface area contributed by atoms with Crippen LogP contribution in [0.3, 0.4) is 0 Å². The maximum atomic E-state index is 12.4. The van der Waals surface area contributed by atoms with Crippen LogP contribution in [0.4, 0.5) is 0 Å². The zero-order valence-electron chi connectivity index (χ0n) is 13.5. The van der Waals surface area contributed by atoms with Gasteiger partial charge in [0, 0.05) is 5.56 Å². The van der Waals surface area contributed by atoms with E-state index in [1.165, 1.54) is 36.8 Å². The molecule has 0 aromatic heterocycles. The molecule has 0 aliphatic heterocycles. The Kier molecular flexibility index (Phi) is 5.75. The summed E-state index contributed by atoms with van der Waals surface area (Å²) in [5.41, 5.74) is 4.78. The van der Waals surface area contributed by atoms with Gasteiger partial charge in [-0.3, -0.25) is 4.79 Å². The second-order valence-corrected chi connectivity index (χ2v) is 6.20. The van der Waals surface area contributed by atoms with Crippen molar-refractivity contribution < 1.29 is 4.79 Å². The quantitative estimate of drug-likeness (QED) is 0.621. The van der Waals surface area contributed by atoms with E-state index in [9.17, 15) is 4.79 Å². The lowest BCUT2D eigenvalue weighted by Gasteiger charge is -2.16. The number of allylic oxidation sites excluding steroid dienone is 1. The minimum Gasteiger partial charge on any atom is -0.307 e. The Hall–Kier alpha value is -1.41. The summed E-state index contributed by atoms with van der Waals surface area (Å²) in [7, 11) is 0. The molecule has 1 aliphatic rings. The van der Waals surface area contributed by atoms with Gasteiger partial charge in [0.15, 0.2) is 5.78 Å². The van der Waals surface area contributed by atoms with Crippen LogP contribution in [0.5, 0.6) is 0 Å². The van der Waals surface area contributed by atoms with E-state index >= 15 is 0 Å². The topological polar surface area (TPSA) is 29.1 Å². The molecule has 0 saturated carbocycles. The highest BCUT2D eigenvalue weighted by atomic mass is 16.1. The van der Waals surface area contributed by atoms with Crippen LogP contribution in [0.1, 0.15) is 60.5 Å². The number of carbonyl (C=O) groups is 1. The molecular weight excluding hydrogens is 258 g/mol. The highest BCUT2D eigenvalue weighted by Crippen LogP contribution is 2.19. The molecule has 2 nitrogen and oxygen atoms in total. The first kappa shape index (κ1) is 16.0. The van der Waals surface area contributed by atoms with E-state index in [0.717, 1.165) is 18.5 Å². The lowest BCUT2D eigenvalue weighted by Crippen LogP contribution is -2.34. The van der Waals surface area contributed by atoms with Crippen LogP contribution in [0, 0.1) is 13.8 Å². The Morgan fingerprint density at radius 2 is 2.05 bits per heavy atom. The zero-order valence-corrected chi connectivity index (χ0v) is 13.5. The minimum absolute atomic E-state index is 0.115. The molecule has 0 radical (unpaired) electrons. The number of rotatable bonds is 6. The average molecular weight is 285 g/mol. The van der Waals surface area contributed by atoms with Crippen LogP contribution >= 0.6 is 0 Å². The van der Waals surface area contributed by atoms with Gasteiger partial charge in [-0.1, -0.05) is 23.8 Å². The van der Waals surface area contributed by atoms with Crippen LogP contribution in [-0.2, 0) is 0 Å². The molecule has 114 valence electrons. The first-order valence-electron chi connectivity index (χ1n) is 8.10. The summed E-state index contributed by atoms with van der Waals surface area (Å²) in [5.74, 6) is 0.190. The maximum absolute atomic E-state index is 12.4. The maximum Gasteiger partial charge on any atom is 0.179 e. The third kappa shape index (κ3) is 4.53. The second-order valence-electron chi connectivity index (χ2n) is 6.20. The molecule has 1 aliphatic carbocycles. The smallest absolute Gasteiger partial charge is 0.179 e. The monoisotopic (exact) mass is 285 g/mol. The van der Waals surface area contributed by atoms with Gasteiger partial charge in [0.05, 0.1) is 6.04 Å². The van der Waals surface area contributed by atoms with E-state index < -0.39 is 0 Å². The predicted octanol–water partition coefficient (Wildman–Crippen LogP) is 4.35. The Morgan fingerprint density at radius 1 is 1.24 bits per heavy atom. The standard InChI is InChI=1S/C19H27NO/c1-14-9-10-18(13-15(14)2)19(21)16(3)20-12-11-17-7-5-4-6-8-17/h7,9-10,13,16,20H,4-6,8,11-12H2,1-3H3. The largest absolute Gasteiger partial charge is 0.307 e. The van der Waals surface area contributed by atoms with Crippen molar-refractivity contribution in [3.8, 4) is 0 Å². The molecule has 1 N–H and O–H groups in total. The normalized spacial score (nSPS) is 16.4. The average Bonchev–Trinajstić information content (AvgIpc) is 2.50. The fourth-order valence-corrected chi connectivity index (χ4v) is 2.82. The Balaban J connectivity index is 1.84. The van der Waals surface area contributed by atoms with Crippen molar-refractivity contribution in [2.24, 2.45) is 0 Å². The highest BCUT2D eigenvalue weighted by Gasteiger charge is 2.15. The Bertz CT molecular complexity index is 530. The Labute approximate surface area is 128 Å². The minimum atomic E-state index is -0.115. The van der Waals surface area contributed by atoms with Crippen LogP contribution in [0.2, 0.25) is 0 Å². The number of nitrogens with one attached hydrogen (secondary N) is 1. The van der Waals surface area contributed by atoms with E-state index in [1.807, 2.05) is 25.1 Å². The molecule has 1 aromatic carbocycles. The van der Waals surface area contributed by atoms with Gasteiger partial charge in [-0.25, -0.2) is 0 Å². The lowest BCUT2D eigenvalue weighted by atomic mass is 9.97. The third-order valence-electron chi connectivity index (χ3n) is 4.47. The van der Waals surface area contributed by atoms with E-state index in [1.54, 1.807) is 5.57 Å². The summed E-state index contributed by atoms with van der Waals surface area (Å²) >= 11 is 0. The van der Waals surface area contributed by atoms with E-state index in [0.29, 0.717) is 0 Å². The zero-order chi connectivity index (χ0) is 15.2. The molecule has 21 heavy (non-hydrogen) atoms. The summed E-state index contributed by atoms with van der Waals surface area (Å²) < 4.78 is 0. The van der Waals surface area contributed by atoms with Gasteiger partial charge in [-0.2, -0.15) is 0 Å². The summed E-state index contributed by atoms with van der Waals surface area (Å²) in [6, 6.07) is 5.85. The van der Waals surface area contributed by atoms with Crippen molar-refractivity contribution in [3.63, 3.8) is 0 Å². The molecule has 0 heterocycles. The number of hydrogen-bond donors (Lipinski definition) is 1. The van der Waals surface area contributed by atoms with Crippen LogP contribution in [-0.4, -0.2) is 18.4 Å². The summed E-state index contributed by atoms with van der Waals surface area (Å²) in [4.78, 5) is 12.4.